The molecule has 2 N–H and O–H groups in total. The van der Waals surface area contributed by atoms with Crippen LogP contribution in [-0.4, -0.2) is 64.7 Å². The molecule has 0 saturated carbocycles. The number of imidazole rings is 1. The molecule has 36 heavy (non-hydrogen) atoms. The average molecular weight is 506 g/mol. The monoisotopic (exact) mass is 505 g/mol. The summed E-state index contributed by atoms with van der Waals surface area (Å²) in [6.07, 6.45) is 0. The normalized spacial score (nSPS) is 11.7. The summed E-state index contributed by atoms with van der Waals surface area (Å²) in [6, 6.07) is 20.4. The number of fused-ring (bicyclic) bond motifs is 1. The lowest BCUT2D eigenvalue weighted by Gasteiger charge is -2.22. The molecular formula is C27H35N7OS. The van der Waals surface area contributed by atoms with Crippen molar-refractivity contribution in [1.29, 1.82) is 0 Å². The van der Waals surface area contributed by atoms with Gasteiger partial charge in [-0.05, 0) is 33.4 Å². The fourth-order valence-corrected chi connectivity index (χ4v) is 4.72. The van der Waals surface area contributed by atoms with E-state index in [0.717, 1.165) is 40.3 Å². The van der Waals surface area contributed by atoms with E-state index < -0.39 is 0 Å². The van der Waals surface area contributed by atoms with Crippen molar-refractivity contribution in [3.05, 3.63) is 66.2 Å². The van der Waals surface area contributed by atoms with Gasteiger partial charge in [-0.15, -0.1) is 5.10 Å². The van der Waals surface area contributed by atoms with Crippen molar-refractivity contribution in [2.24, 2.45) is 0 Å². The van der Waals surface area contributed by atoms with Crippen LogP contribution in [0.15, 0.2) is 60.7 Å². The molecule has 4 rings (SSSR count). The first kappa shape index (κ1) is 25.7. The van der Waals surface area contributed by atoms with Crippen LogP contribution in [0.3, 0.4) is 0 Å². The van der Waals surface area contributed by atoms with E-state index in [2.05, 4.69) is 67.6 Å². The van der Waals surface area contributed by atoms with Gasteiger partial charge in [0.05, 0.1) is 6.54 Å². The lowest BCUT2D eigenvalue weighted by atomic mass is 10.1. The molecule has 0 aliphatic carbocycles. The summed E-state index contributed by atoms with van der Waals surface area (Å²) in [5.74, 6) is 0.821. The first-order valence-electron chi connectivity index (χ1n) is 12.1. The molecule has 0 aliphatic rings. The predicted octanol–water partition coefficient (Wildman–Crippen LogP) is 4.35. The molecule has 2 aromatic carbocycles. The Bertz CT molecular complexity index is 1280. The number of rotatable bonds is 10. The van der Waals surface area contributed by atoms with Crippen LogP contribution in [-0.2, 0) is 11.3 Å². The van der Waals surface area contributed by atoms with Crippen LogP contribution in [0.4, 0.5) is 10.9 Å². The number of aromatic nitrogens is 3. The Morgan fingerprint density at radius 3 is 2.36 bits per heavy atom. The molecule has 0 atom stereocenters. The summed E-state index contributed by atoms with van der Waals surface area (Å²) in [4.78, 5) is 22.3. The highest BCUT2D eigenvalue weighted by Gasteiger charge is 2.23. The molecule has 4 aromatic rings. The second-order valence-electron chi connectivity index (χ2n) is 10.1. The van der Waals surface area contributed by atoms with Crippen LogP contribution in [0.25, 0.3) is 16.2 Å². The Labute approximate surface area is 217 Å². The summed E-state index contributed by atoms with van der Waals surface area (Å²) < 4.78 is 1.85. The molecule has 0 bridgehead atoms. The first-order valence-corrected chi connectivity index (χ1v) is 12.9. The summed E-state index contributed by atoms with van der Waals surface area (Å²) in [6.45, 7) is 8.79. The first-order chi connectivity index (χ1) is 17.2. The molecule has 0 saturated heterocycles. The molecule has 8 nitrogen and oxygen atoms in total. The molecule has 0 unspecified atom stereocenters. The van der Waals surface area contributed by atoms with Crippen molar-refractivity contribution >= 4 is 33.2 Å². The molecule has 2 heterocycles. The van der Waals surface area contributed by atoms with Crippen LogP contribution in [0.2, 0.25) is 0 Å². The highest BCUT2D eigenvalue weighted by atomic mass is 32.1. The van der Waals surface area contributed by atoms with Gasteiger partial charge in [-0.2, -0.15) is 4.52 Å². The van der Waals surface area contributed by atoms with Gasteiger partial charge in [0.2, 0.25) is 16.0 Å². The summed E-state index contributed by atoms with van der Waals surface area (Å²) in [5.41, 5.74) is 3.00. The highest BCUT2D eigenvalue weighted by Crippen LogP contribution is 2.34. The van der Waals surface area contributed by atoms with Gasteiger partial charge in [-0.1, -0.05) is 72.0 Å². The minimum atomic E-state index is -0.164. The Morgan fingerprint density at radius 1 is 1.03 bits per heavy atom. The number of likely N-dealkylation sites (N-methyl/N-ethyl adjacent to an activating group) is 2. The van der Waals surface area contributed by atoms with Gasteiger partial charge in [-0.25, -0.2) is 4.98 Å². The molecule has 0 aliphatic heterocycles. The third kappa shape index (κ3) is 6.61. The fraction of sp³-hybridized carbons (Fsp3) is 0.370. The third-order valence-electron chi connectivity index (χ3n) is 5.55. The second-order valence-corrected chi connectivity index (χ2v) is 11.0. The molecule has 0 fully saturated rings. The Morgan fingerprint density at radius 2 is 1.69 bits per heavy atom. The minimum absolute atomic E-state index is 0.0311. The van der Waals surface area contributed by atoms with Gasteiger partial charge in [0.25, 0.3) is 0 Å². The van der Waals surface area contributed by atoms with E-state index in [4.69, 9.17) is 10.1 Å². The maximum absolute atomic E-state index is 12.6. The van der Waals surface area contributed by atoms with E-state index in [1.165, 1.54) is 16.9 Å². The van der Waals surface area contributed by atoms with E-state index >= 15 is 0 Å². The standard InChI is InChI=1S/C27H35N7OS/c1-27(2,3)30-24-23(21-14-10-7-11-15-21)29-25-34(24)31-26(36-25)33(5)19-22(35)28-16-17-32(4)18-20-12-8-6-9-13-20/h6-15,30H,16-19H2,1-5H3,(H,28,35). The van der Waals surface area contributed by atoms with Gasteiger partial charge in [0, 0.05) is 37.8 Å². The van der Waals surface area contributed by atoms with E-state index in [-0.39, 0.29) is 18.0 Å². The fourth-order valence-electron chi connectivity index (χ4n) is 3.86. The zero-order chi connectivity index (χ0) is 25.7. The van der Waals surface area contributed by atoms with Crippen molar-refractivity contribution < 1.29 is 4.79 Å². The van der Waals surface area contributed by atoms with Crippen molar-refractivity contribution in [3.8, 4) is 11.3 Å². The van der Waals surface area contributed by atoms with Crippen molar-refractivity contribution in [2.45, 2.75) is 32.9 Å². The maximum Gasteiger partial charge on any atom is 0.239 e. The predicted molar refractivity (Wildman–Crippen MR) is 149 cm³/mol. The Balaban J connectivity index is 1.39. The third-order valence-corrected chi connectivity index (χ3v) is 6.57. The minimum Gasteiger partial charge on any atom is -0.364 e. The lowest BCUT2D eigenvalue weighted by molar-refractivity contribution is -0.119. The molecule has 2 aromatic heterocycles. The Kier molecular flexibility index (Phi) is 7.91. The van der Waals surface area contributed by atoms with Crippen molar-refractivity contribution in [3.63, 3.8) is 0 Å². The van der Waals surface area contributed by atoms with E-state index in [9.17, 15) is 4.79 Å². The van der Waals surface area contributed by atoms with E-state index in [0.29, 0.717) is 6.54 Å². The number of carbonyl (C=O) groups excluding carboxylic acids is 1. The second kappa shape index (κ2) is 11.1. The number of anilines is 2. The molecule has 0 radical (unpaired) electrons. The van der Waals surface area contributed by atoms with Crippen LogP contribution in [0, 0.1) is 0 Å². The van der Waals surface area contributed by atoms with Crippen LogP contribution < -0.4 is 15.5 Å². The highest BCUT2D eigenvalue weighted by molar-refractivity contribution is 7.20. The van der Waals surface area contributed by atoms with Crippen LogP contribution in [0.1, 0.15) is 26.3 Å². The summed E-state index contributed by atoms with van der Waals surface area (Å²) in [7, 11) is 3.94. The molecule has 190 valence electrons. The average Bonchev–Trinajstić information content (AvgIpc) is 3.39. The lowest BCUT2D eigenvalue weighted by Crippen LogP contribution is -2.38. The quantitative estimate of drug-likeness (QED) is 0.334. The van der Waals surface area contributed by atoms with E-state index in [1.54, 1.807) is 0 Å². The number of carbonyl (C=O) groups is 1. The maximum atomic E-state index is 12.6. The number of hydrogen-bond acceptors (Lipinski definition) is 7. The number of nitrogens with zero attached hydrogens (tertiary/aromatic N) is 5. The van der Waals surface area contributed by atoms with Gasteiger partial charge >= 0.3 is 0 Å². The molecule has 1 amide bonds. The number of hydrogen-bond donors (Lipinski definition) is 2. The molecular weight excluding hydrogens is 470 g/mol. The zero-order valence-electron chi connectivity index (χ0n) is 21.7. The largest absolute Gasteiger partial charge is 0.364 e. The molecule has 0 spiro atoms. The number of nitrogens with one attached hydrogen (secondary N) is 2. The smallest absolute Gasteiger partial charge is 0.239 e. The van der Waals surface area contributed by atoms with Crippen molar-refractivity contribution in [1.82, 2.24) is 24.8 Å². The van der Waals surface area contributed by atoms with E-state index in [1.807, 2.05) is 52.9 Å². The summed E-state index contributed by atoms with van der Waals surface area (Å²) >= 11 is 1.47. The van der Waals surface area contributed by atoms with Gasteiger partial charge < -0.3 is 20.4 Å². The van der Waals surface area contributed by atoms with Gasteiger partial charge in [0.15, 0.2) is 5.82 Å². The van der Waals surface area contributed by atoms with Crippen molar-refractivity contribution in [2.75, 3.05) is 43.9 Å². The number of benzene rings is 2. The topological polar surface area (TPSA) is 77.8 Å². The van der Waals surface area contributed by atoms with Crippen LogP contribution >= 0.6 is 11.3 Å². The molecule has 9 heteroatoms. The van der Waals surface area contributed by atoms with Gasteiger partial charge in [-0.3, -0.25) is 4.79 Å². The SMILES string of the molecule is CN(CCNC(=O)CN(C)c1nn2c(NC(C)(C)C)c(-c3ccccc3)nc2s1)Cc1ccccc1. The van der Waals surface area contributed by atoms with Gasteiger partial charge in [0.1, 0.15) is 5.69 Å². The zero-order valence-corrected chi connectivity index (χ0v) is 22.5. The Hall–Kier alpha value is -3.43. The summed E-state index contributed by atoms with van der Waals surface area (Å²) in [5, 5.41) is 12.1. The number of amides is 1. The van der Waals surface area contributed by atoms with Crippen LogP contribution in [0.5, 0.6) is 0 Å².